The zero-order valence-corrected chi connectivity index (χ0v) is 39.6. The summed E-state index contributed by atoms with van der Waals surface area (Å²) >= 11 is -2.84. The Hall–Kier alpha value is -3.69. The number of nitrogens with one attached hydrogen (secondary N) is 1. The molecule has 6 aromatic carbocycles. The molecule has 6 rings (SSSR count). The third-order valence-corrected chi connectivity index (χ3v) is 10.2. The van der Waals surface area contributed by atoms with Crippen LogP contribution in [0.4, 0.5) is 56.9 Å². The molecule has 0 radical (unpaired) electrons. The van der Waals surface area contributed by atoms with Crippen molar-refractivity contribution < 1.29 is 138 Å². The largest absolute Gasteiger partial charge is 1.00 e. The maximum atomic E-state index is 12.5. The van der Waals surface area contributed by atoms with Crippen LogP contribution in [0.15, 0.2) is 149 Å². The second-order valence-corrected chi connectivity index (χ2v) is 15.2. The first-order chi connectivity index (χ1) is 26.5. The summed E-state index contributed by atoms with van der Waals surface area (Å²) in [6.45, 7) is 0. The molecule has 0 fully saturated rings. The van der Waals surface area contributed by atoms with Crippen LogP contribution < -0.4 is 105 Å². The van der Waals surface area contributed by atoms with Gasteiger partial charge in [-0.1, -0.05) is 18.2 Å². The molecule has 0 bridgehead atoms. The quantitative estimate of drug-likeness (QED) is 0.0284. The molecule has 0 saturated carbocycles. The van der Waals surface area contributed by atoms with Crippen LogP contribution in [0, 0.1) is 0 Å². The van der Waals surface area contributed by atoms with Crippen LogP contribution in [0.2, 0.25) is 0 Å². The number of phenolic OH excluding ortho intramolecular Hbond substituents is 2. The third kappa shape index (κ3) is 12.0. The first-order valence-electron chi connectivity index (χ1n) is 15.6. The fourth-order valence-electron chi connectivity index (χ4n) is 5.14. The molecule has 1 unspecified atom stereocenters. The van der Waals surface area contributed by atoms with E-state index in [2.05, 4.69) is 36.0 Å². The SMILES string of the molecule is Nc1cc(O)ccc1N=Nc1ccc(Nc2ccc(N=Nc3c(S(=O)(=O)O)cc4cc(S(=O)(=O)O)c(N=Nc5ccccc5)c(O)c4c3N)cc2S(=O)[O-])cc1.[H-].[H-].[H-].[Na+].[Na+].[Na+]. The predicted octanol–water partition coefficient (Wildman–Crippen LogP) is -0.514. The summed E-state index contributed by atoms with van der Waals surface area (Å²) in [5.41, 5.74) is 11.7. The smallest absolute Gasteiger partial charge is 1.00 e. The maximum Gasteiger partial charge on any atom is 1.00 e. The normalized spacial score (nSPS) is 12.3. The summed E-state index contributed by atoms with van der Waals surface area (Å²) < 4.78 is 94.1. The molecule has 1 atom stereocenters. The summed E-state index contributed by atoms with van der Waals surface area (Å²) in [7, 11) is -10.3. The first-order valence-corrected chi connectivity index (χ1v) is 19.5. The molecule has 0 aliphatic heterocycles. The van der Waals surface area contributed by atoms with Gasteiger partial charge in [-0.25, -0.2) is 0 Å². The number of nitrogen functional groups attached to an aromatic ring is 2. The molecule has 0 amide bonds. The molecule has 9 N–H and O–H groups in total. The molecule has 0 saturated heterocycles. The molecule has 292 valence electrons. The van der Waals surface area contributed by atoms with Crippen molar-refractivity contribution in [2.24, 2.45) is 30.7 Å². The van der Waals surface area contributed by atoms with Crippen molar-refractivity contribution in [2.45, 2.75) is 14.7 Å². The van der Waals surface area contributed by atoms with Gasteiger partial charge in [0, 0.05) is 11.8 Å². The van der Waals surface area contributed by atoms with E-state index in [4.69, 9.17) is 11.5 Å². The van der Waals surface area contributed by atoms with Crippen LogP contribution in [-0.2, 0) is 31.3 Å². The summed E-state index contributed by atoms with van der Waals surface area (Å²) in [6.07, 6.45) is 0. The van der Waals surface area contributed by atoms with Crippen LogP contribution in [0.3, 0.4) is 0 Å². The fraction of sp³-hybridized carbons (Fsp3) is 0. The second kappa shape index (κ2) is 20.7. The molecule has 0 aliphatic rings. The van der Waals surface area contributed by atoms with Gasteiger partial charge in [-0.05, 0) is 95.3 Å². The standard InChI is InChI=1S/C34H27N9O10S3.3Na.3H/c35-24-17-23(44)11-13-25(24)41-38-21-8-6-19(7-9-21)37-26-12-10-22(16-27(26)54(46)47)40-42-32-28(55(48,49)50)14-18-15-29(56(51,52)53)33(34(45)30(18)31(32)36)43-39-20-4-2-1-3-5-20;;;;;;/h1-17,37,44-45H,35-36H2,(H,46,47)(H,48,49,50)(H,51,52,53);;;;;;/q;3*+1;3*-1/p-1. The molecule has 59 heavy (non-hydrogen) atoms. The molecular weight excluding hydrogens is 860 g/mol. The van der Waals surface area contributed by atoms with Crippen molar-refractivity contribution in [3.8, 4) is 11.5 Å². The molecule has 0 spiro atoms. The zero-order chi connectivity index (χ0) is 40.4. The van der Waals surface area contributed by atoms with Crippen LogP contribution in [0.25, 0.3) is 10.8 Å². The van der Waals surface area contributed by atoms with E-state index in [1.807, 2.05) is 0 Å². The zero-order valence-electron chi connectivity index (χ0n) is 34.1. The third-order valence-electron chi connectivity index (χ3n) is 7.73. The summed E-state index contributed by atoms with van der Waals surface area (Å²) in [4.78, 5) is -2.20. The van der Waals surface area contributed by atoms with Gasteiger partial charge in [0.1, 0.15) is 32.6 Å². The van der Waals surface area contributed by atoms with Crippen LogP contribution in [-0.4, -0.2) is 44.9 Å². The van der Waals surface area contributed by atoms with Gasteiger partial charge in [0.15, 0.2) is 5.75 Å². The molecule has 0 aliphatic carbocycles. The molecular formula is C34H29N9Na3O10S3-. The van der Waals surface area contributed by atoms with E-state index in [-0.39, 0.29) is 132 Å². The van der Waals surface area contributed by atoms with Gasteiger partial charge >= 0.3 is 88.7 Å². The van der Waals surface area contributed by atoms with Gasteiger partial charge in [-0.3, -0.25) is 13.3 Å². The van der Waals surface area contributed by atoms with E-state index in [9.17, 15) is 44.9 Å². The van der Waals surface area contributed by atoms with Crippen molar-refractivity contribution in [3.05, 3.63) is 103 Å². The predicted molar refractivity (Wildman–Crippen MR) is 208 cm³/mol. The van der Waals surface area contributed by atoms with E-state index in [0.717, 1.165) is 18.2 Å². The topological polar surface area (TPSA) is 328 Å². The number of hydrogen-bond donors (Lipinski definition) is 7. The minimum absolute atomic E-state index is 0. The van der Waals surface area contributed by atoms with Crippen molar-refractivity contribution in [1.29, 1.82) is 0 Å². The van der Waals surface area contributed by atoms with Crippen LogP contribution >= 0.6 is 0 Å². The van der Waals surface area contributed by atoms with E-state index < -0.39 is 69.3 Å². The summed E-state index contributed by atoms with van der Waals surface area (Å²) in [5.74, 6) is -0.962. The fourth-order valence-corrected chi connectivity index (χ4v) is 6.98. The number of azo groups is 3. The second-order valence-electron chi connectivity index (χ2n) is 11.5. The Morgan fingerprint density at radius 2 is 1.19 bits per heavy atom. The molecule has 19 nitrogen and oxygen atoms in total. The number of hydrogen-bond acceptors (Lipinski definition) is 17. The van der Waals surface area contributed by atoms with Gasteiger partial charge in [-0.2, -0.15) is 32.2 Å². The van der Waals surface area contributed by atoms with E-state index in [1.165, 1.54) is 42.5 Å². The van der Waals surface area contributed by atoms with E-state index >= 15 is 0 Å². The minimum atomic E-state index is -5.16. The van der Waals surface area contributed by atoms with Crippen molar-refractivity contribution in [3.63, 3.8) is 0 Å². The maximum absolute atomic E-state index is 12.5. The number of fused-ring (bicyclic) bond motifs is 1. The van der Waals surface area contributed by atoms with Crippen molar-refractivity contribution >= 4 is 99.0 Å². The Morgan fingerprint density at radius 1 is 0.644 bits per heavy atom. The van der Waals surface area contributed by atoms with Crippen LogP contribution in [0.5, 0.6) is 11.5 Å². The number of benzene rings is 6. The van der Waals surface area contributed by atoms with Gasteiger partial charge in [0.2, 0.25) is 0 Å². The number of nitrogens with two attached hydrogens (primary N) is 2. The molecule has 25 heteroatoms. The average molecular weight is 889 g/mol. The van der Waals surface area contributed by atoms with Gasteiger partial charge in [-0.15, -0.1) is 15.3 Å². The molecule has 0 aromatic heterocycles. The van der Waals surface area contributed by atoms with E-state index in [0.29, 0.717) is 17.1 Å². The van der Waals surface area contributed by atoms with Crippen molar-refractivity contribution in [1.82, 2.24) is 0 Å². The monoisotopic (exact) mass is 888 g/mol. The number of rotatable bonds is 11. The Bertz CT molecular complexity index is 2890. The minimum Gasteiger partial charge on any atom is -1.00 e. The molecule has 6 aromatic rings. The number of nitrogens with zero attached hydrogens (tertiary/aromatic N) is 6. The Labute approximate surface area is 409 Å². The first kappa shape index (κ1) is 49.7. The van der Waals surface area contributed by atoms with E-state index in [1.54, 1.807) is 42.5 Å². The van der Waals surface area contributed by atoms with Gasteiger partial charge in [0.05, 0.1) is 44.4 Å². The Kier molecular flexibility index (Phi) is 17.4. The summed E-state index contributed by atoms with van der Waals surface area (Å²) in [6, 6.07) is 23.8. The number of anilines is 4. The summed E-state index contributed by atoms with van der Waals surface area (Å²) in [5, 5.41) is 46.6. The number of phenols is 2. The van der Waals surface area contributed by atoms with Gasteiger partial charge in [0.25, 0.3) is 20.2 Å². The number of aromatic hydroxyl groups is 2. The molecule has 0 heterocycles. The van der Waals surface area contributed by atoms with Crippen molar-refractivity contribution in [2.75, 3.05) is 16.8 Å². The average Bonchev–Trinajstić information content (AvgIpc) is 3.14. The Balaban J connectivity index is 0.00000620. The van der Waals surface area contributed by atoms with Crippen LogP contribution in [0.1, 0.15) is 4.28 Å². The Morgan fingerprint density at radius 3 is 1.78 bits per heavy atom. The van der Waals surface area contributed by atoms with Gasteiger partial charge < -0.3 is 35.8 Å².